The third-order valence-electron chi connectivity index (χ3n) is 5.67. The molecule has 2 aromatic carbocycles. The highest BCUT2D eigenvalue weighted by Gasteiger charge is 2.24. The Morgan fingerprint density at radius 2 is 1.72 bits per heavy atom. The quantitative estimate of drug-likeness (QED) is 0.546. The second kappa shape index (κ2) is 7.13. The van der Waals surface area contributed by atoms with Crippen LogP contribution in [0.3, 0.4) is 0 Å². The van der Waals surface area contributed by atoms with Crippen molar-refractivity contribution in [2.75, 3.05) is 0 Å². The molecule has 2 heterocycles. The predicted molar refractivity (Wildman–Crippen MR) is 110 cm³/mol. The average Bonchev–Trinajstić information content (AvgIpc) is 3.43. The maximum atomic E-state index is 11.7. The summed E-state index contributed by atoms with van der Waals surface area (Å²) in [5, 5.41) is 23.0. The van der Waals surface area contributed by atoms with Gasteiger partial charge in [-0.15, -0.1) is 10.2 Å². The maximum Gasteiger partial charge on any atom is 0.335 e. The largest absolute Gasteiger partial charge is 0.478 e. The molecular weight excluding hydrogens is 364 g/mol. The highest BCUT2D eigenvalue weighted by Crippen LogP contribution is 2.37. The molecular formula is C23H20N4O2. The molecule has 144 valence electrons. The molecule has 1 saturated carbocycles. The highest BCUT2D eigenvalue weighted by atomic mass is 16.4. The molecule has 0 radical (unpaired) electrons. The SMILES string of the molecule is O=C(O)c1ccc(-c2nnc3ccc(-c4ccccc4)nn23)cc1C1CCCC1. The number of aromatic carboxylic acids is 1. The second-order valence-electron chi connectivity index (χ2n) is 7.47. The number of hydrogen-bond acceptors (Lipinski definition) is 4. The van der Waals surface area contributed by atoms with Crippen LogP contribution in [0.4, 0.5) is 0 Å². The van der Waals surface area contributed by atoms with Gasteiger partial charge in [0.15, 0.2) is 11.5 Å². The molecule has 1 aliphatic carbocycles. The summed E-state index contributed by atoms with van der Waals surface area (Å²) in [6.07, 6.45) is 4.34. The first kappa shape index (κ1) is 17.6. The van der Waals surface area contributed by atoms with Gasteiger partial charge in [0.1, 0.15) is 0 Å². The van der Waals surface area contributed by atoms with E-state index in [1.165, 1.54) is 0 Å². The van der Waals surface area contributed by atoms with Crippen LogP contribution in [-0.2, 0) is 0 Å². The van der Waals surface area contributed by atoms with Crippen molar-refractivity contribution in [1.82, 2.24) is 19.8 Å². The number of rotatable bonds is 4. The molecule has 2 aromatic heterocycles. The van der Waals surface area contributed by atoms with E-state index in [4.69, 9.17) is 5.10 Å². The molecule has 6 heteroatoms. The lowest BCUT2D eigenvalue weighted by atomic mass is 9.91. The Hall–Kier alpha value is -3.54. The Balaban J connectivity index is 1.63. The first-order valence-corrected chi connectivity index (χ1v) is 9.86. The topological polar surface area (TPSA) is 80.4 Å². The monoisotopic (exact) mass is 384 g/mol. The fraction of sp³-hybridized carbons (Fsp3) is 0.217. The minimum absolute atomic E-state index is 0.285. The van der Waals surface area contributed by atoms with Gasteiger partial charge in [-0.05, 0) is 48.6 Å². The maximum absolute atomic E-state index is 11.7. The van der Waals surface area contributed by atoms with Crippen LogP contribution in [0.1, 0.15) is 47.5 Å². The summed E-state index contributed by atoms with van der Waals surface area (Å²) in [5.74, 6) is 0.0241. The number of nitrogens with zero attached hydrogens (tertiary/aromatic N) is 4. The molecule has 6 nitrogen and oxygen atoms in total. The van der Waals surface area contributed by atoms with E-state index in [1.54, 1.807) is 16.6 Å². The number of aromatic nitrogens is 4. The smallest absolute Gasteiger partial charge is 0.335 e. The lowest BCUT2D eigenvalue weighted by Gasteiger charge is -2.14. The van der Waals surface area contributed by atoms with Crippen molar-refractivity contribution < 1.29 is 9.90 Å². The molecule has 0 spiro atoms. The summed E-state index contributed by atoms with van der Waals surface area (Å²) < 4.78 is 1.73. The molecule has 29 heavy (non-hydrogen) atoms. The zero-order valence-corrected chi connectivity index (χ0v) is 15.8. The first-order chi connectivity index (χ1) is 14.2. The van der Waals surface area contributed by atoms with E-state index in [0.29, 0.717) is 17.0 Å². The molecule has 0 bridgehead atoms. The van der Waals surface area contributed by atoms with E-state index < -0.39 is 5.97 Å². The van der Waals surface area contributed by atoms with Gasteiger partial charge in [0.25, 0.3) is 0 Å². The summed E-state index contributed by atoms with van der Waals surface area (Å²) >= 11 is 0. The lowest BCUT2D eigenvalue weighted by molar-refractivity contribution is 0.0695. The molecule has 1 N–H and O–H groups in total. The minimum Gasteiger partial charge on any atom is -0.478 e. The lowest BCUT2D eigenvalue weighted by Crippen LogP contribution is -2.06. The zero-order chi connectivity index (χ0) is 19.8. The van der Waals surface area contributed by atoms with E-state index in [2.05, 4.69) is 10.2 Å². The van der Waals surface area contributed by atoms with Crippen LogP contribution in [-0.4, -0.2) is 30.9 Å². The Kier molecular flexibility index (Phi) is 4.31. The van der Waals surface area contributed by atoms with Gasteiger partial charge in [0.2, 0.25) is 0 Å². The van der Waals surface area contributed by atoms with Gasteiger partial charge < -0.3 is 5.11 Å². The van der Waals surface area contributed by atoms with Gasteiger partial charge in [0.05, 0.1) is 11.3 Å². The summed E-state index contributed by atoms with van der Waals surface area (Å²) in [4.78, 5) is 11.7. The number of carboxylic acid groups (broad SMARTS) is 1. The van der Waals surface area contributed by atoms with Crippen LogP contribution < -0.4 is 0 Å². The standard InChI is InChI=1S/C23H20N4O2/c28-23(29)18-11-10-17(14-19(18)15-6-4-5-7-15)22-25-24-21-13-12-20(26-27(21)22)16-8-2-1-3-9-16/h1-3,8-15H,4-7H2,(H,28,29). The van der Waals surface area contributed by atoms with Crippen LogP contribution in [0.5, 0.6) is 0 Å². The van der Waals surface area contributed by atoms with Crippen LogP contribution >= 0.6 is 0 Å². The van der Waals surface area contributed by atoms with E-state index >= 15 is 0 Å². The van der Waals surface area contributed by atoms with Gasteiger partial charge in [-0.3, -0.25) is 0 Å². The van der Waals surface area contributed by atoms with Crippen molar-refractivity contribution in [3.63, 3.8) is 0 Å². The molecule has 0 unspecified atom stereocenters. The molecule has 4 aromatic rings. The number of carboxylic acids is 1. The number of benzene rings is 2. The summed E-state index contributed by atoms with van der Waals surface area (Å²) in [6, 6.07) is 19.2. The van der Waals surface area contributed by atoms with Crippen LogP contribution in [0.2, 0.25) is 0 Å². The van der Waals surface area contributed by atoms with Crippen molar-refractivity contribution in [2.24, 2.45) is 0 Å². The van der Waals surface area contributed by atoms with E-state index in [-0.39, 0.29) is 5.92 Å². The van der Waals surface area contributed by atoms with Crippen LogP contribution in [0.25, 0.3) is 28.3 Å². The normalized spacial score (nSPS) is 14.5. The Morgan fingerprint density at radius 3 is 2.48 bits per heavy atom. The van der Waals surface area contributed by atoms with Gasteiger partial charge in [-0.25, -0.2) is 4.79 Å². The Bertz CT molecular complexity index is 1190. The number of carbonyl (C=O) groups is 1. The van der Waals surface area contributed by atoms with Crippen LogP contribution in [0, 0.1) is 0 Å². The second-order valence-corrected chi connectivity index (χ2v) is 7.47. The number of hydrogen-bond donors (Lipinski definition) is 1. The molecule has 0 saturated heterocycles. The van der Waals surface area contributed by atoms with Crippen molar-refractivity contribution in [2.45, 2.75) is 31.6 Å². The van der Waals surface area contributed by atoms with Crippen molar-refractivity contribution in [1.29, 1.82) is 0 Å². The van der Waals surface area contributed by atoms with Gasteiger partial charge >= 0.3 is 5.97 Å². The van der Waals surface area contributed by atoms with E-state index in [1.807, 2.05) is 48.5 Å². The molecule has 0 atom stereocenters. The minimum atomic E-state index is -0.881. The van der Waals surface area contributed by atoms with Crippen molar-refractivity contribution >= 4 is 11.6 Å². The Labute approximate surface area is 167 Å². The Morgan fingerprint density at radius 1 is 0.931 bits per heavy atom. The zero-order valence-electron chi connectivity index (χ0n) is 15.8. The molecule has 5 rings (SSSR count). The van der Waals surface area contributed by atoms with Gasteiger partial charge in [0, 0.05) is 11.1 Å². The fourth-order valence-corrected chi connectivity index (χ4v) is 4.20. The molecule has 0 amide bonds. The summed E-state index contributed by atoms with van der Waals surface area (Å²) in [5.41, 5.74) is 4.61. The van der Waals surface area contributed by atoms with Crippen LogP contribution in [0.15, 0.2) is 60.7 Å². The predicted octanol–water partition coefficient (Wildman–Crippen LogP) is 4.81. The average molecular weight is 384 g/mol. The van der Waals surface area contributed by atoms with Crippen molar-refractivity contribution in [3.05, 3.63) is 71.8 Å². The first-order valence-electron chi connectivity index (χ1n) is 9.86. The molecule has 1 fully saturated rings. The third kappa shape index (κ3) is 3.16. The molecule has 0 aliphatic heterocycles. The van der Waals surface area contributed by atoms with E-state index in [0.717, 1.165) is 48.1 Å². The summed E-state index contributed by atoms with van der Waals surface area (Å²) in [7, 11) is 0. The fourth-order valence-electron chi connectivity index (χ4n) is 4.20. The third-order valence-corrected chi connectivity index (χ3v) is 5.67. The van der Waals surface area contributed by atoms with Gasteiger partial charge in [-0.2, -0.15) is 9.61 Å². The van der Waals surface area contributed by atoms with E-state index in [9.17, 15) is 9.90 Å². The summed E-state index contributed by atoms with van der Waals surface area (Å²) in [6.45, 7) is 0. The molecule has 1 aliphatic rings. The number of fused-ring (bicyclic) bond motifs is 1. The van der Waals surface area contributed by atoms with Gasteiger partial charge in [-0.1, -0.05) is 49.2 Å². The highest BCUT2D eigenvalue weighted by molar-refractivity contribution is 5.90. The van der Waals surface area contributed by atoms with Crippen molar-refractivity contribution in [3.8, 4) is 22.6 Å².